The predicted octanol–water partition coefficient (Wildman–Crippen LogP) is 4.46. The largest absolute Gasteiger partial charge is 0.244 e. The molecular formula is C17H18N2S. The van der Waals surface area contributed by atoms with Gasteiger partial charge in [-0.15, -0.1) is 11.3 Å². The summed E-state index contributed by atoms with van der Waals surface area (Å²) >= 11 is 1.73. The fourth-order valence-corrected chi connectivity index (χ4v) is 4.33. The smallest absolute Gasteiger partial charge is 0.103 e. The maximum atomic E-state index is 8.84. The van der Waals surface area contributed by atoms with Crippen molar-refractivity contribution in [2.45, 2.75) is 43.9 Å². The highest BCUT2D eigenvalue weighted by Crippen LogP contribution is 2.45. The molecule has 3 rings (SSSR count). The van der Waals surface area contributed by atoms with Crippen LogP contribution in [0.3, 0.4) is 0 Å². The summed E-state index contributed by atoms with van der Waals surface area (Å²) in [5, 5.41) is 12.1. The van der Waals surface area contributed by atoms with Crippen LogP contribution in [0, 0.1) is 11.3 Å². The Bertz CT molecular complexity index is 603. The standard InChI is InChI=1S/C17H18N2S/c18-12-9-15-13-20-16(19-15)17(10-5-2-6-11-17)14-7-3-1-4-8-14/h1,3-4,7-8,13H,2,5-6,9-11H2. The van der Waals surface area contributed by atoms with E-state index in [1.165, 1.54) is 42.7 Å². The van der Waals surface area contributed by atoms with Gasteiger partial charge in [0.05, 0.1) is 18.2 Å². The molecule has 0 N–H and O–H groups in total. The lowest BCUT2D eigenvalue weighted by atomic mass is 9.70. The topological polar surface area (TPSA) is 36.7 Å². The van der Waals surface area contributed by atoms with E-state index in [4.69, 9.17) is 10.2 Å². The van der Waals surface area contributed by atoms with Crippen LogP contribution >= 0.6 is 11.3 Å². The van der Waals surface area contributed by atoms with Crippen LogP contribution in [0.4, 0.5) is 0 Å². The van der Waals surface area contributed by atoms with Crippen molar-refractivity contribution in [1.29, 1.82) is 5.26 Å². The van der Waals surface area contributed by atoms with Crippen molar-refractivity contribution in [3.63, 3.8) is 0 Å². The summed E-state index contributed by atoms with van der Waals surface area (Å²) in [5.41, 5.74) is 2.39. The molecule has 0 unspecified atom stereocenters. The molecule has 0 spiro atoms. The van der Waals surface area contributed by atoms with Gasteiger partial charge in [-0.3, -0.25) is 0 Å². The Labute approximate surface area is 124 Å². The first kappa shape index (κ1) is 13.3. The first-order chi connectivity index (χ1) is 9.85. The van der Waals surface area contributed by atoms with Crippen molar-refractivity contribution in [3.8, 4) is 6.07 Å². The van der Waals surface area contributed by atoms with Gasteiger partial charge in [0, 0.05) is 10.8 Å². The number of nitrogens with zero attached hydrogens (tertiary/aromatic N) is 2. The van der Waals surface area contributed by atoms with Crippen LogP contribution in [0.25, 0.3) is 0 Å². The molecule has 2 nitrogen and oxygen atoms in total. The minimum absolute atomic E-state index is 0.0812. The molecule has 0 aliphatic heterocycles. The zero-order valence-corrected chi connectivity index (χ0v) is 12.3. The molecule has 1 aromatic heterocycles. The van der Waals surface area contributed by atoms with Gasteiger partial charge in [0.15, 0.2) is 0 Å². The van der Waals surface area contributed by atoms with E-state index in [-0.39, 0.29) is 5.41 Å². The van der Waals surface area contributed by atoms with Crippen molar-refractivity contribution in [2.75, 3.05) is 0 Å². The summed E-state index contributed by atoms with van der Waals surface area (Å²) in [7, 11) is 0. The maximum absolute atomic E-state index is 8.84. The van der Waals surface area contributed by atoms with Crippen LogP contribution in [-0.4, -0.2) is 4.98 Å². The maximum Gasteiger partial charge on any atom is 0.103 e. The Morgan fingerprint density at radius 3 is 2.60 bits per heavy atom. The van der Waals surface area contributed by atoms with Crippen LogP contribution in [-0.2, 0) is 11.8 Å². The first-order valence-corrected chi connectivity index (χ1v) is 8.10. The molecule has 2 aromatic rings. The highest BCUT2D eigenvalue weighted by Gasteiger charge is 2.38. The van der Waals surface area contributed by atoms with Crippen molar-refractivity contribution in [2.24, 2.45) is 0 Å². The fraction of sp³-hybridized carbons (Fsp3) is 0.412. The van der Waals surface area contributed by atoms with Crippen molar-refractivity contribution in [3.05, 3.63) is 52.0 Å². The molecule has 0 saturated heterocycles. The average Bonchev–Trinajstić information content (AvgIpc) is 2.98. The van der Waals surface area contributed by atoms with Gasteiger partial charge < -0.3 is 0 Å². The van der Waals surface area contributed by atoms with Crippen LogP contribution in [0.5, 0.6) is 0 Å². The summed E-state index contributed by atoms with van der Waals surface area (Å²) < 4.78 is 0. The molecule has 0 bridgehead atoms. The number of hydrogen-bond acceptors (Lipinski definition) is 3. The Balaban J connectivity index is 2.03. The van der Waals surface area contributed by atoms with Gasteiger partial charge in [0.1, 0.15) is 5.01 Å². The Hall–Kier alpha value is -1.66. The number of rotatable bonds is 3. The molecule has 0 atom stereocenters. The Morgan fingerprint density at radius 1 is 1.15 bits per heavy atom. The van der Waals surface area contributed by atoms with E-state index in [0.29, 0.717) is 6.42 Å². The molecule has 1 heterocycles. The quantitative estimate of drug-likeness (QED) is 0.833. The van der Waals surface area contributed by atoms with E-state index in [2.05, 4.69) is 41.8 Å². The molecule has 1 saturated carbocycles. The second kappa shape index (κ2) is 5.76. The van der Waals surface area contributed by atoms with E-state index in [9.17, 15) is 0 Å². The second-order valence-electron chi connectivity index (χ2n) is 5.49. The zero-order chi connectivity index (χ0) is 13.8. The SMILES string of the molecule is N#CCc1csc(C2(c3ccccc3)CCCCC2)n1. The third-order valence-corrected chi connectivity index (χ3v) is 5.35. The summed E-state index contributed by atoms with van der Waals surface area (Å²) in [6, 6.07) is 13.0. The number of benzene rings is 1. The normalized spacial score (nSPS) is 17.6. The molecule has 20 heavy (non-hydrogen) atoms. The monoisotopic (exact) mass is 282 g/mol. The van der Waals surface area contributed by atoms with Crippen molar-refractivity contribution >= 4 is 11.3 Å². The summed E-state index contributed by atoms with van der Waals surface area (Å²) in [4.78, 5) is 4.77. The molecule has 1 fully saturated rings. The first-order valence-electron chi connectivity index (χ1n) is 7.22. The number of nitriles is 1. The molecule has 1 aliphatic rings. The fourth-order valence-electron chi connectivity index (χ4n) is 3.23. The van der Waals surface area contributed by atoms with Gasteiger partial charge in [0.2, 0.25) is 0 Å². The van der Waals surface area contributed by atoms with Crippen LogP contribution < -0.4 is 0 Å². The lowest BCUT2D eigenvalue weighted by Crippen LogP contribution is -2.30. The van der Waals surface area contributed by atoms with E-state index < -0.39 is 0 Å². The zero-order valence-electron chi connectivity index (χ0n) is 11.5. The van der Waals surface area contributed by atoms with E-state index in [1.54, 1.807) is 11.3 Å². The van der Waals surface area contributed by atoms with Gasteiger partial charge in [0.25, 0.3) is 0 Å². The van der Waals surface area contributed by atoms with Gasteiger partial charge >= 0.3 is 0 Å². The minimum Gasteiger partial charge on any atom is -0.244 e. The molecule has 3 heteroatoms. The minimum atomic E-state index is 0.0812. The van der Waals surface area contributed by atoms with E-state index >= 15 is 0 Å². The van der Waals surface area contributed by atoms with E-state index in [0.717, 1.165) is 5.69 Å². The molecule has 0 amide bonds. The third kappa shape index (κ3) is 2.36. The number of hydrogen-bond donors (Lipinski definition) is 0. The van der Waals surface area contributed by atoms with Crippen molar-refractivity contribution < 1.29 is 0 Å². The second-order valence-corrected chi connectivity index (χ2v) is 6.35. The average molecular weight is 282 g/mol. The van der Waals surface area contributed by atoms with Crippen LogP contribution in [0.2, 0.25) is 0 Å². The van der Waals surface area contributed by atoms with E-state index in [1.807, 2.05) is 0 Å². The van der Waals surface area contributed by atoms with Gasteiger partial charge in [-0.1, -0.05) is 49.6 Å². The van der Waals surface area contributed by atoms with Gasteiger partial charge in [-0.2, -0.15) is 5.26 Å². The van der Waals surface area contributed by atoms with Crippen LogP contribution in [0.15, 0.2) is 35.7 Å². The molecule has 0 radical (unpaired) electrons. The molecule has 1 aliphatic carbocycles. The molecule has 1 aromatic carbocycles. The van der Waals surface area contributed by atoms with Crippen molar-refractivity contribution in [1.82, 2.24) is 4.98 Å². The lowest BCUT2D eigenvalue weighted by Gasteiger charge is -2.36. The Morgan fingerprint density at radius 2 is 1.90 bits per heavy atom. The lowest BCUT2D eigenvalue weighted by molar-refractivity contribution is 0.344. The third-order valence-electron chi connectivity index (χ3n) is 4.25. The summed E-state index contributed by atoms with van der Waals surface area (Å²) in [5.74, 6) is 0. The molecule has 102 valence electrons. The highest BCUT2D eigenvalue weighted by atomic mass is 32.1. The highest BCUT2D eigenvalue weighted by molar-refractivity contribution is 7.09. The predicted molar refractivity (Wildman–Crippen MR) is 81.7 cm³/mol. The number of thiazole rings is 1. The van der Waals surface area contributed by atoms with Gasteiger partial charge in [-0.25, -0.2) is 4.98 Å². The van der Waals surface area contributed by atoms with Gasteiger partial charge in [-0.05, 0) is 18.4 Å². The molecular weight excluding hydrogens is 264 g/mol. The summed E-state index contributed by atoms with van der Waals surface area (Å²) in [6.07, 6.45) is 6.63. The number of aromatic nitrogens is 1. The Kier molecular flexibility index (Phi) is 3.84. The summed E-state index contributed by atoms with van der Waals surface area (Å²) in [6.45, 7) is 0. The van der Waals surface area contributed by atoms with Crippen LogP contribution in [0.1, 0.15) is 48.4 Å².